The Kier molecular flexibility index (Phi) is 4.66. The van der Waals surface area contributed by atoms with E-state index in [0.29, 0.717) is 5.56 Å². The highest BCUT2D eigenvalue weighted by Crippen LogP contribution is 2.14. The number of rotatable bonds is 4. The summed E-state index contributed by atoms with van der Waals surface area (Å²) in [5.74, 6) is -1.34. The van der Waals surface area contributed by atoms with Crippen LogP contribution in [0.1, 0.15) is 15.9 Å². The number of carbonyl (C=O) groups excluding carboxylic acids is 2. The fraction of sp³-hybridized carbons (Fsp3) is 0.125. The van der Waals surface area contributed by atoms with E-state index in [2.05, 4.69) is 10.6 Å². The highest BCUT2D eigenvalue weighted by atomic mass is 19.1. The molecule has 0 fully saturated rings. The van der Waals surface area contributed by atoms with Crippen molar-refractivity contribution in [2.75, 3.05) is 11.9 Å². The van der Waals surface area contributed by atoms with Gasteiger partial charge in [0.15, 0.2) is 0 Å². The van der Waals surface area contributed by atoms with Crippen LogP contribution in [-0.4, -0.2) is 18.4 Å². The van der Waals surface area contributed by atoms with E-state index in [4.69, 9.17) is 0 Å². The van der Waals surface area contributed by atoms with Crippen LogP contribution in [0.5, 0.6) is 0 Å². The summed E-state index contributed by atoms with van der Waals surface area (Å²) in [5.41, 5.74) is 1.33. The number of benzene rings is 2. The van der Waals surface area contributed by atoms with Crippen molar-refractivity contribution in [3.63, 3.8) is 0 Å². The first-order chi connectivity index (χ1) is 10.1. The number of hydrogen-bond acceptors (Lipinski definition) is 2. The van der Waals surface area contributed by atoms with E-state index < -0.39 is 11.7 Å². The molecule has 0 aliphatic rings. The monoisotopic (exact) mass is 286 g/mol. The van der Waals surface area contributed by atoms with Crippen molar-refractivity contribution in [1.29, 1.82) is 0 Å². The second-order valence-electron chi connectivity index (χ2n) is 4.58. The van der Waals surface area contributed by atoms with Gasteiger partial charge in [0.25, 0.3) is 5.91 Å². The maximum absolute atomic E-state index is 13.6. The van der Waals surface area contributed by atoms with Crippen molar-refractivity contribution in [2.45, 2.75) is 6.92 Å². The standard InChI is InChI=1S/C16H15FN2O2/c1-11-7-8-14(13(17)9-11)19-15(20)10-18-16(21)12-5-3-2-4-6-12/h2-9H,10H2,1H3,(H,18,21)(H,19,20). The van der Waals surface area contributed by atoms with Gasteiger partial charge < -0.3 is 10.6 Å². The van der Waals surface area contributed by atoms with E-state index in [1.54, 1.807) is 43.3 Å². The lowest BCUT2D eigenvalue weighted by Gasteiger charge is -2.08. The molecule has 0 saturated carbocycles. The topological polar surface area (TPSA) is 58.2 Å². The number of carbonyl (C=O) groups is 2. The third-order valence-electron chi connectivity index (χ3n) is 2.84. The minimum absolute atomic E-state index is 0.0968. The second-order valence-corrected chi connectivity index (χ2v) is 4.58. The van der Waals surface area contributed by atoms with E-state index in [1.165, 1.54) is 12.1 Å². The van der Waals surface area contributed by atoms with Crippen molar-refractivity contribution in [3.05, 3.63) is 65.5 Å². The summed E-state index contributed by atoms with van der Waals surface area (Å²) >= 11 is 0. The Morgan fingerprint density at radius 2 is 1.81 bits per heavy atom. The van der Waals surface area contributed by atoms with Crippen LogP contribution in [0.2, 0.25) is 0 Å². The highest BCUT2D eigenvalue weighted by Gasteiger charge is 2.09. The van der Waals surface area contributed by atoms with E-state index >= 15 is 0 Å². The summed E-state index contributed by atoms with van der Waals surface area (Å²) in [7, 11) is 0. The molecule has 2 aromatic rings. The molecule has 0 aliphatic carbocycles. The molecule has 0 unspecified atom stereocenters. The molecule has 0 heterocycles. The van der Waals surface area contributed by atoms with Crippen LogP contribution in [0.25, 0.3) is 0 Å². The predicted octanol–water partition coefficient (Wildman–Crippen LogP) is 2.50. The maximum atomic E-state index is 13.6. The Labute approximate surface area is 122 Å². The van der Waals surface area contributed by atoms with Crippen LogP contribution in [0, 0.1) is 12.7 Å². The molecule has 21 heavy (non-hydrogen) atoms. The molecule has 2 N–H and O–H groups in total. The van der Waals surface area contributed by atoms with Gasteiger partial charge in [-0.25, -0.2) is 4.39 Å². The Morgan fingerprint density at radius 1 is 1.10 bits per heavy atom. The lowest BCUT2D eigenvalue weighted by Crippen LogP contribution is -2.33. The quantitative estimate of drug-likeness (QED) is 0.907. The van der Waals surface area contributed by atoms with Crippen LogP contribution in [-0.2, 0) is 4.79 Å². The first kappa shape index (κ1) is 14.7. The zero-order valence-electron chi connectivity index (χ0n) is 11.5. The van der Waals surface area contributed by atoms with Gasteiger partial charge in [-0.05, 0) is 36.8 Å². The molecule has 0 saturated heterocycles. The Morgan fingerprint density at radius 3 is 2.48 bits per heavy atom. The summed E-state index contributed by atoms with van der Waals surface area (Å²) in [6.07, 6.45) is 0. The smallest absolute Gasteiger partial charge is 0.251 e. The zero-order chi connectivity index (χ0) is 15.2. The molecule has 0 aliphatic heterocycles. The van der Waals surface area contributed by atoms with E-state index in [1.807, 2.05) is 0 Å². The average molecular weight is 286 g/mol. The first-order valence-electron chi connectivity index (χ1n) is 6.45. The Hall–Kier alpha value is -2.69. The number of anilines is 1. The third-order valence-corrected chi connectivity index (χ3v) is 2.84. The predicted molar refractivity (Wildman–Crippen MR) is 78.5 cm³/mol. The number of amides is 2. The molecule has 4 nitrogen and oxygen atoms in total. The maximum Gasteiger partial charge on any atom is 0.251 e. The third kappa shape index (κ3) is 4.14. The zero-order valence-corrected chi connectivity index (χ0v) is 11.5. The van der Waals surface area contributed by atoms with Gasteiger partial charge in [0.1, 0.15) is 5.82 Å². The van der Waals surface area contributed by atoms with Crippen molar-refractivity contribution in [3.8, 4) is 0 Å². The lowest BCUT2D eigenvalue weighted by atomic mass is 10.2. The lowest BCUT2D eigenvalue weighted by molar-refractivity contribution is -0.115. The van der Waals surface area contributed by atoms with Gasteiger partial charge in [0, 0.05) is 5.56 Å². The molecule has 2 rings (SSSR count). The van der Waals surface area contributed by atoms with Crippen LogP contribution in [0.4, 0.5) is 10.1 Å². The number of hydrogen-bond donors (Lipinski definition) is 2. The van der Waals surface area contributed by atoms with E-state index in [9.17, 15) is 14.0 Å². The summed E-state index contributed by atoms with van der Waals surface area (Å²) in [4.78, 5) is 23.4. The van der Waals surface area contributed by atoms with Gasteiger partial charge in [-0.3, -0.25) is 9.59 Å². The van der Waals surface area contributed by atoms with Gasteiger partial charge in [0.05, 0.1) is 12.2 Å². The fourth-order valence-electron chi connectivity index (χ4n) is 1.77. The fourth-order valence-corrected chi connectivity index (χ4v) is 1.77. The van der Waals surface area contributed by atoms with Gasteiger partial charge in [-0.1, -0.05) is 24.3 Å². The van der Waals surface area contributed by atoms with Gasteiger partial charge >= 0.3 is 0 Å². The Balaban J connectivity index is 1.89. The van der Waals surface area contributed by atoms with E-state index in [-0.39, 0.29) is 18.1 Å². The van der Waals surface area contributed by atoms with Crippen LogP contribution in [0.3, 0.4) is 0 Å². The molecule has 0 spiro atoms. The SMILES string of the molecule is Cc1ccc(NC(=O)CNC(=O)c2ccccc2)c(F)c1. The molecule has 108 valence electrons. The number of nitrogens with one attached hydrogen (secondary N) is 2. The molecular weight excluding hydrogens is 271 g/mol. The van der Waals surface area contributed by atoms with Crippen molar-refractivity contribution < 1.29 is 14.0 Å². The van der Waals surface area contributed by atoms with Gasteiger partial charge in [0.2, 0.25) is 5.91 Å². The Bertz CT molecular complexity index is 657. The molecule has 0 bridgehead atoms. The first-order valence-corrected chi connectivity index (χ1v) is 6.45. The highest BCUT2D eigenvalue weighted by molar-refractivity contribution is 5.99. The number of halogens is 1. The van der Waals surface area contributed by atoms with Crippen LogP contribution >= 0.6 is 0 Å². The van der Waals surface area contributed by atoms with Gasteiger partial charge in [-0.15, -0.1) is 0 Å². The van der Waals surface area contributed by atoms with Crippen LogP contribution < -0.4 is 10.6 Å². The molecule has 0 atom stereocenters. The molecule has 0 radical (unpaired) electrons. The molecule has 5 heteroatoms. The average Bonchev–Trinajstić information content (AvgIpc) is 2.48. The summed E-state index contributed by atoms with van der Waals surface area (Å²) in [5, 5.41) is 4.89. The second kappa shape index (κ2) is 6.65. The minimum Gasteiger partial charge on any atom is -0.343 e. The van der Waals surface area contributed by atoms with Gasteiger partial charge in [-0.2, -0.15) is 0 Å². The molecule has 2 amide bonds. The van der Waals surface area contributed by atoms with Crippen molar-refractivity contribution >= 4 is 17.5 Å². The van der Waals surface area contributed by atoms with Crippen LogP contribution in [0.15, 0.2) is 48.5 Å². The molecule has 2 aromatic carbocycles. The van der Waals surface area contributed by atoms with Crippen molar-refractivity contribution in [2.24, 2.45) is 0 Å². The van der Waals surface area contributed by atoms with E-state index in [0.717, 1.165) is 5.56 Å². The summed E-state index contributed by atoms with van der Waals surface area (Å²) < 4.78 is 13.6. The largest absolute Gasteiger partial charge is 0.343 e. The summed E-state index contributed by atoms with van der Waals surface area (Å²) in [6, 6.07) is 13.1. The summed E-state index contributed by atoms with van der Waals surface area (Å²) in [6.45, 7) is 1.54. The molecule has 0 aromatic heterocycles. The number of aryl methyl sites for hydroxylation is 1. The molecular formula is C16H15FN2O2. The van der Waals surface area contributed by atoms with Crippen molar-refractivity contribution in [1.82, 2.24) is 5.32 Å². The normalized spacial score (nSPS) is 10.0. The minimum atomic E-state index is -0.502.